The molecule has 1 fully saturated rings. The first-order valence-electron chi connectivity index (χ1n) is 4.90. The van der Waals surface area contributed by atoms with Crippen LogP contribution >= 0.6 is 0 Å². The van der Waals surface area contributed by atoms with Crippen molar-refractivity contribution in [3.05, 3.63) is 18.0 Å². The topological polar surface area (TPSA) is 78.0 Å². The lowest BCUT2D eigenvalue weighted by atomic mass is 10.0. The van der Waals surface area contributed by atoms with Gasteiger partial charge in [0.15, 0.2) is 9.84 Å². The summed E-state index contributed by atoms with van der Waals surface area (Å²) in [5.41, 5.74) is 6.02. The minimum absolute atomic E-state index is 0.172. The van der Waals surface area contributed by atoms with E-state index < -0.39 is 15.4 Å². The quantitative estimate of drug-likeness (QED) is 0.766. The van der Waals surface area contributed by atoms with Crippen LogP contribution in [-0.2, 0) is 21.9 Å². The number of nitrogens with zero attached hydrogens (tertiary/aromatic N) is 2. The second-order valence-corrected chi connectivity index (χ2v) is 6.52. The van der Waals surface area contributed by atoms with E-state index in [1.54, 1.807) is 10.9 Å². The van der Waals surface area contributed by atoms with E-state index in [9.17, 15) is 8.42 Å². The van der Waals surface area contributed by atoms with Crippen LogP contribution in [0.3, 0.4) is 0 Å². The normalized spacial score (nSPS) is 29.5. The average Bonchev–Trinajstić information content (AvgIpc) is 2.71. The zero-order valence-electron chi connectivity index (χ0n) is 8.68. The Balaban J connectivity index is 2.31. The minimum Gasteiger partial charge on any atom is -0.326 e. The number of hydrogen-bond donors (Lipinski definition) is 1. The Morgan fingerprint density at radius 2 is 2.40 bits per heavy atom. The summed E-state index contributed by atoms with van der Waals surface area (Å²) in [5.74, 6) is 0.424. The fourth-order valence-corrected chi connectivity index (χ4v) is 4.05. The summed E-state index contributed by atoms with van der Waals surface area (Å²) in [5, 5.41) is 4.18. The van der Waals surface area contributed by atoms with Gasteiger partial charge in [0, 0.05) is 18.3 Å². The molecule has 15 heavy (non-hydrogen) atoms. The summed E-state index contributed by atoms with van der Waals surface area (Å²) in [4.78, 5) is 0. The van der Waals surface area contributed by atoms with Crippen molar-refractivity contribution in [2.75, 3.05) is 11.5 Å². The zero-order valence-corrected chi connectivity index (χ0v) is 9.50. The molecule has 0 aromatic carbocycles. The molecule has 2 rings (SSSR count). The predicted molar refractivity (Wildman–Crippen MR) is 57.0 cm³/mol. The fourth-order valence-electron chi connectivity index (χ4n) is 1.93. The third-order valence-corrected chi connectivity index (χ3v) is 4.80. The zero-order chi connectivity index (χ0) is 11.1. The summed E-state index contributed by atoms with van der Waals surface area (Å²) in [6.45, 7) is 2.35. The lowest BCUT2D eigenvalue weighted by molar-refractivity contribution is 0.328. The molecule has 1 unspecified atom stereocenters. The Hall–Kier alpha value is -0.880. The first-order valence-corrected chi connectivity index (χ1v) is 6.72. The van der Waals surface area contributed by atoms with Gasteiger partial charge >= 0.3 is 0 Å². The van der Waals surface area contributed by atoms with Crippen molar-refractivity contribution in [2.24, 2.45) is 5.73 Å². The monoisotopic (exact) mass is 229 g/mol. The van der Waals surface area contributed by atoms with Gasteiger partial charge in [-0.1, -0.05) is 0 Å². The van der Waals surface area contributed by atoms with Crippen molar-refractivity contribution >= 4 is 9.84 Å². The van der Waals surface area contributed by atoms with E-state index >= 15 is 0 Å². The standard InChI is InChI=1S/C9H15N3O2S/c1-9(2-3-15(13,14)7-9)12-6-8(4-10)5-11-12/h5-6H,2-4,7,10H2,1H3. The van der Waals surface area contributed by atoms with Crippen molar-refractivity contribution < 1.29 is 8.42 Å². The van der Waals surface area contributed by atoms with Gasteiger partial charge in [-0.15, -0.1) is 0 Å². The van der Waals surface area contributed by atoms with E-state index in [1.807, 2.05) is 13.1 Å². The van der Waals surface area contributed by atoms with Crippen LogP contribution in [0.5, 0.6) is 0 Å². The summed E-state index contributed by atoms with van der Waals surface area (Å²) in [6, 6.07) is 0. The number of rotatable bonds is 2. The molecule has 6 heteroatoms. The van der Waals surface area contributed by atoms with E-state index in [0.717, 1.165) is 5.56 Å². The van der Waals surface area contributed by atoms with Gasteiger partial charge in [-0.3, -0.25) is 4.68 Å². The summed E-state index contributed by atoms with van der Waals surface area (Å²) < 4.78 is 24.6. The molecule has 84 valence electrons. The first-order chi connectivity index (χ1) is 6.95. The molecular weight excluding hydrogens is 214 g/mol. The number of aromatic nitrogens is 2. The van der Waals surface area contributed by atoms with Gasteiger partial charge in [0.1, 0.15) is 0 Å². The minimum atomic E-state index is -2.89. The number of hydrogen-bond acceptors (Lipinski definition) is 4. The Kier molecular flexibility index (Phi) is 2.35. The molecule has 1 atom stereocenters. The Morgan fingerprint density at radius 3 is 2.87 bits per heavy atom. The van der Waals surface area contributed by atoms with E-state index in [1.165, 1.54) is 0 Å². The van der Waals surface area contributed by atoms with E-state index in [0.29, 0.717) is 13.0 Å². The molecule has 1 saturated heterocycles. The third-order valence-electron chi connectivity index (χ3n) is 2.91. The molecular formula is C9H15N3O2S. The van der Waals surface area contributed by atoms with Crippen LogP contribution in [0.2, 0.25) is 0 Å². The van der Waals surface area contributed by atoms with Gasteiger partial charge < -0.3 is 5.73 Å². The number of sulfone groups is 1. The van der Waals surface area contributed by atoms with Crippen LogP contribution in [0.1, 0.15) is 18.9 Å². The van der Waals surface area contributed by atoms with Crippen LogP contribution in [0.25, 0.3) is 0 Å². The van der Waals surface area contributed by atoms with Crippen molar-refractivity contribution in [3.63, 3.8) is 0 Å². The molecule has 0 radical (unpaired) electrons. The van der Waals surface area contributed by atoms with Crippen LogP contribution in [0, 0.1) is 0 Å². The highest BCUT2D eigenvalue weighted by atomic mass is 32.2. The van der Waals surface area contributed by atoms with Crippen LogP contribution in [0.4, 0.5) is 0 Å². The first kappa shape index (κ1) is 10.6. The average molecular weight is 229 g/mol. The van der Waals surface area contributed by atoms with Crippen molar-refractivity contribution in [2.45, 2.75) is 25.4 Å². The molecule has 0 aliphatic carbocycles. The van der Waals surface area contributed by atoms with Gasteiger partial charge in [0.25, 0.3) is 0 Å². The smallest absolute Gasteiger partial charge is 0.152 e. The third kappa shape index (κ3) is 1.91. The highest BCUT2D eigenvalue weighted by molar-refractivity contribution is 7.91. The molecule has 1 aliphatic heterocycles. The van der Waals surface area contributed by atoms with Gasteiger partial charge in [0.05, 0.1) is 23.2 Å². The van der Waals surface area contributed by atoms with Crippen molar-refractivity contribution in [3.8, 4) is 0 Å². The SMILES string of the molecule is CC1(n2cc(CN)cn2)CCS(=O)(=O)C1. The molecule has 0 saturated carbocycles. The Bertz CT molecular complexity index is 465. The van der Waals surface area contributed by atoms with Gasteiger partial charge in [-0.2, -0.15) is 5.10 Å². The molecule has 2 heterocycles. The maximum Gasteiger partial charge on any atom is 0.152 e. The number of nitrogens with two attached hydrogens (primary N) is 1. The fraction of sp³-hybridized carbons (Fsp3) is 0.667. The molecule has 5 nitrogen and oxygen atoms in total. The summed E-state index contributed by atoms with van der Waals surface area (Å²) in [6.07, 6.45) is 4.15. The van der Waals surface area contributed by atoms with Gasteiger partial charge in [0.2, 0.25) is 0 Å². The lowest BCUT2D eigenvalue weighted by Crippen LogP contribution is -2.31. The van der Waals surface area contributed by atoms with Crippen LogP contribution < -0.4 is 5.73 Å². The Labute approximate surface area is 89.2 Å². The van der Waals surface area contributed by atoms with Gasteiger partial charge in [-0.05, 0) is 13.3 Å². The van der Waals surface area contributed by atoms with Crippen molar-refractivity contribution in [1.29, 1.82) is 0 Å². The molecule has 1 aromatic rings. The lowest BCUT2D eigenvalue weighted by Gasteiger charge is -2.22. The highest BCUT2D eigenvalue weighted by Crippen LogP contribution is 2.29. The largest absolute Gasteiger partial charge is 0.326 e. The van der Waals surface area contributed by atoms with E-state index in [4.69, 9.17) is 5.73 Å². The molecule has 2 N–H and O–H groups in total. The van der Waals surface area contributed by atoms with Gasteiger partial charge in [-0.25, -0.2) is 8.42 Å². The Morgan fingerprint density at radius 1 is 1.67 bits per heavy atom. The summed E-state index contributed by atoms with van der Waals surface area (Å²) in [7, 11) is -2.89. The molecule has 1 aromatic heterocycles. The molecule has 0 bridgehead atoms. The second kappa shape index (κ2) is 3.31. The van der Waals surface area contributed by atoms with E-state index in [2.05, 4.69) is 5.10 Å². The maximum absolute atomic E-state index is 11.4. The van der Waals surface area contributed by atoms with Crippen LogP contribution in [-0.4, -0.2) is 29.7 Å². The maximum atomic E-state index is 11.4. The highest BCUT2D eigenvalue weighted by Gasteiger charge is 2.40. The molecule has 0 amide bonds. The predicted octanol–water partition coefficient (Wildman–Crippen LogP) is -0.125. The van der Waals surface area contributed by atoms with Crippen LogP contribution in [0.15, 0.2) is 12.4 Å². The summed E-state index contributed by atoms with van der Waals surface area (Å²) >= 11 is 0. The second-order valence-electron chi connectivity index (χ2n) is 4.34. The molecule has 1 aliphatic rings. The van der Waals surface area contributed by atoms with E-state index in [-0.39, 0.29) is 11.5 Å². The molecule has 0 spiro atoms. The van der Waals surface area contributed by atoms with Crippen molar-refractivity contribution in [1.82, 2.24) is 9.78 Å².